The zero-order valence-corrected chi connectivity index (χ0v) is 13.9. The number of hydrogen-bond acceptors (Lipinski definition) is 3. The van der Waals surface area contributed by atoms with Crippen LogP contribution >= 0.6 is 0 Å². The zero-order valence-electron chi connectivity index (χ0n) is 13.9. The van der Waals surface area contributed by atoms with Gasteiger partial charge < -0.3 is 20.3 Å². The summed E-state index contributed by atoms with van der Waals surface area (Å²) in [5.74, 6) is 0.827. The van der Waals surface area contributed by atoms with Crippen LogP contribution in [0.25, 0.3) is 0 Å². The van der Waals surface area contributed by atoms with Gasteiger partial charge in [-0.3, -0.25) is 4.99 Å². The Kier molecular flexibility index (Phi) is 6.68. The molecule has 22 heavy (non-hydrogen) atoms. The van der Waals surface area contributed by atoms with Gasteiger partial charge in [-0.05, 0) is 38.1 Å². The van der Waals surface area contributed by atoms with Crippen molar-refractivity contribution in [3.63, 3.8) is 0 Å². The van der Waals surface area contributed by atoms with E-state index >= 15 is 0 Å². The molecule has 5 heteroatoms. The minimum Gasteiger partial charge on any atom is -0.376 e. The quantitative estimate of drug-likeness (QED) is 0.619. The third-order valence-electron chi connectivity index (χ3n) is 3.73. The molecule has 122 valence electrons. The van der Waals surface area contributed by atoms with E-state index in [1.54, 1.807) is 7.05 Å². The molecule has 1 aliphatic heterocycles. The van der Waals surface area contributed by atoms with Gasteiger partial charge in [-0.2, -0.15) is 0 Å². The lowest BCUT2D eigenvalue weighted by Gasteiger charge is -2.15. The largest absolute Gasteiger partial charge is 0.376 e. The molecule has 0 spiro atoms. The van der Waals surface area contributed by atoms with E-state index in [1.807, 2.05) is 0 Å². The minimum atomic E-state index is 0.323. The van der Waals surface area contributed by atoms with Crippen molar-refractivity contribution in [2.24, 2.45) is 4.99 Å². The summed E-state index contributed by atoms with van der Waals surface area (Å²) in [7, 11) is 5.96. The molecule has 0 aliphatic carbocycles. The molecule has 0 aromatic heterocycles. The van der Waals surface area contributed by atoms with Crippen molar-refractivity contribution in [1.29, 1.82) is 0 Å². The molecular formula is C17H28N4O. The van der Waals surface area contributed by atoms with Gasteiger partial charge in [-0.15, -0.1) is 0 Å². The molecule has 0 saturated carbocycles. The normalized spacial score (nSPS) is 18.7. The van der Waals surface area contributed by atoms with Gasteiger partial charge in [-0.1, -0.05) is 24.3 Å². The molecule has 0 bridgehead atoms. The zero-order chi connectivity index (χ0) is 15.8. The average molecular weight is 304 g/mol. The van der Waals surface area contributed by atoms with Gasteiger partial charge in [0.05, 0.1) is 6.10 Å². The third-order valence-corrected chi connectivity index (χ3v) is 3.73. The number of guanidine groups is 1. The average Bonchev–Trinajstić information content (AvgIpc) is 3.02. The Labute approximate surface area is 133 Å². The fourth-order valence-corrected chi connectivity index (χ4v) is 2.55. The Morgan fingerprint density at radius 2 is 1.95 bits per heavy atom. The van der Waals surface area contributed by atoms with Gasteiger partial charge in [0.25, 0.3) is 0 Å². The van der Waals surface area contributed by atoms with Crippen molar-refractivity contribution >= 4 is 5.96 Å². The maximum Gasteiger partial charge on any atom is 0.191 e. The van der Waals surface area contributed by atoms with Gasteiger partial charge in [-0.25, -0.2) is 0 Å². The minimum absolute atomic E-state index is 0.323. The SMILES string of the molecule is CN=C(NCc1ccc(CN(C)C)cc1)NCC1CCCO1. The number of benzene rings is 1. The lowest BCUT2D eigenvalue weighted by atomic mass is 10.1. The van der Waals surface area contributed by atoms with E-state index in [9.17, 15) is 0 Å². The van der Waals surface area contributed by atoms with Crippen LogP contribution in [0.4, 0.5) is 0 Å². The monoisotopic (exact) mass is 304 g/mol. The highest BCUT2D eigenvalue weighted by molar-refractivity contribution is 5.79. The van der Waals surface area contributed by atoms with Crippen molar-refractivity contribution in [3.05, 3.63) is 35.4 Å². The molecule has 0 radical (unpaired) electrons. The highest BCUT2D eigenvalue weighted by Gasteiger charge is 2.15. The van der Waals surface area contributed by atoms with Crippen LogP contribution in [0.5, 0.6) is 0 Å². The van der Waals surface area contributed by atoms with Crippen LogP contribution in [0.15, 0.2) is 29.3 Å². The first-order valence-electron chi connectivity index (χ1n) is 7.96. The summed E-state index contributed by atoms with van der Waals surface area (Å²) < 4.78 is 5.61. The second-order valence-electron chi connectivity index (χ2n) is 6.00. The molecule has 1 unspecified atom stereocenters. The second kappa shape index (κ2) is 8.76. The van der Waals surface area contributed by atoms with Crippen LogP contribution in [-0.2, 0) is 17.8 Å². The molecule has 1 aliphatic rings. The molecule has 2 rings (SSSR count). The van der Waals surface area contributed by atoms with Crippen LogP contribution in [0, 0.1) is 0 Å². The lowest BCUT2D eigenvalue weighted by molar-refractivity contribution is 0.114. The number of rotatable bonds is 6. The van der Waals surface area contributed by atoms with E-state index < -0.39 is 0 Å². The molecule has 1 fully saturated rings. The van der Waals surface area contributed by atoms with E-state index in [0.29, 0.717) is 6.10 Å². The van der Waals surface area contributed by atoms with Gasteiger partial charge in [0, 0.05) is 33.3 Å². The summed E-state index contributed by atoms with van der Waals surface area (Å²) in [6, 6.07) is 8.69. The van der Waals surface area contributed by atoms with E-state index in [0.717, 1.165) is 45.0 Å². The summed E-state index contributed by atoms with van der Waals surface area (Å²) >= 11 is 0. The van der Waals surface area contributed by atoms with E-state index in [4.69, 9.17) is 4.74 Å². The highest BCUT2D eigenvalue weighted by atomic mass is 16.5. The van der Waals surface area contributed by atoms with E-state index in [2.05, 4.69) is 58.9 Å². The van der Waals surface area contributed by atoms with Crippen LogP contribution in [-0.4, -0.2) is 51.3 Å². The molecule has 5 nitrogen and oxygen atoms in total. The van der Waals surface area contributed by atoms with Gasteiger partial charge in [0.15, 0.2) is 5.96 Å². The Bertz CT molecular complexity index is 464. The number of nitrogens with zero attached hydrogens (tertiary/aromatic N) is 2. The summed E-state index contributed by atoms with van der Waals surface area (Å²) in [6.07, 6.45) is 2.62. The van der Waals surface area contributed by atoms with Crippen LogP contribution in [0.1, 0.15) is 24.0 Å². The molecule has 1 atom stereocenters. The predicted octanol–water partition coefficient (Wildman–Crippen LogP) is 1.59. The lowest BCUT2D eigenvalue weighted by Crippen LogP contribution is -2.40. The topological polar surface area (TPSA) is 48.9 Å². The van der Waals surface area contributed by atoms with Crippen LogP contribution in [0.3, 0.4) is 0 Å². The Balaban J connectivity index is 1.75. The summed E-state index contributed by atoms with van der Waals surface area (Å²) in [5, 5.41) is 6.67. The van der Waals surface area contributed by atoms with Crippen LogP contribution < -0.4 is 10.6 Å². The fourth-order valence-electron chi connectivity index (χ4n) is 2.55. The number of ether oxygens (including phenoxy) is 1. The first-order chi connectivity index (χ1) is 10.7. The molecule has 2 N–H and O–H groups in total. The van der Waals surface area contributed by atoms with Gasteiger partial charge >= 0.3 is 0 Å². The smallest absolute Gasteiger partial charge is 0.191 e. The van der Waals surface area contributed by atoms with Crippen LogP contribution in [0.2, 0.25) is 0 Å². The molecule has 1 aromatic rings. The Morgan fingerprint density at radius 1 is 1.23 bits per heavy atom. The first kappa shape index (κ1) is 16.8. The van der Waals surface area contributed by atoms with Gasteiger partial charge in [0.2, 0.25) is 0 Å². The fraction of sp³-hybridized carbons (Fsp3) is 0.588. The van der Waals surface area contributed by atoms with Crippen molar-refractivity contribution in [2.45, 2.75) is 32.0 Å². The summed E-state index contributed by atoms with van der Waals surface area (Å²) in [6.45, 7) is 3.45. The second-order valence-corrected chi connectivity index (χ2v) is 6.00. The Hall–Kier alpha value is -1.59. The molecule has 1 aromatic carbocycles. The third kappa shape index (κ3) is 5.66. The maximum absolute atomic E-state index is 5.61. The Morgan fingerprint density at radius 3 is 2.55 bits per heavy atom. The maximum atomic E-state index is 5.61. The number of aliphatic imine (C=N–C) groups is 1. The molecule has 0 amide bonds. The summed E-state index contributed by atoms with van der Waals surface area (Å²) in [4.78, 5) is 6.42. The van der Waals surface area contributed by atoms with Crippen molar-refractivity contribution < 1.29 is 4.74 Å². The number of nitrogens with one attached hydrogen (secondary N) is 2. The van der Waals surface area contributed by atoms with Crippen molar-refractivity contribution in [2.75, 3.05) is 34.3 Å². The molecular weight excluding hydrogens is 276 g/mol. The standard InChI is InChI=1S/C17H28N4O/c1-18-17(20-12-16-5-4-10-22-16)19-11-14-6-8-15(9-7-14)13-21(2)3/h6-9,16H,4-5,10-13H2,1-3H3,(H2,18,19,20). The predicted molar refractivity (Wildman–Crippen MR) is 91.0 cm³/mol. The first-order valence-corrected chi connectivity index (χ1v) is 7.96. The van der Waals surface area contributed by atoms with Crippen molar-refractivity contribution in [3.8, 4) is 0 Å². The molecule has 1 heterocycles. The van der Waals surface area contributed by atoms with E-state index in [-0.39, 0.29) is 0 Å². The highest BCUT2D eigenvalue weighted by Crippen LogP contribution is 2.10. The van der Waals surface area contributed by atoms with E-state index in [1.165, 1.54) is 11.1 Å². The van der Waals surface area contributed by atoms with Gasteiger partial charge in [0.1, 0.15) is 0 Å². The molecule has 1 saturated heterocycles. The van der Waals surface area contributed by atoms with Crippen molar-refractivity contribution in [1.82, 2.24) is 15.5 Å². The number of hydrogen-bond donors (Lipinski definition) is 2. The summed E-state index contributed by atoms with van der Waals surface area (Å²) in [5.41, 5.74) is 2.58.